The Balaban J connectivity index is 1.83. The number of anilines is 3. The maximum atomic E-state index is 13.3. The van der Waals surface area contributed by atoms with E-state index in [0.717, 1.165) is 0 Å². The van der Waals surface area contributed by atoms with Crippen LogP contribution in [0, 0.1) is 12.7 Å². The van der Waals surface area contributed by atoms with Crippen molar-refractivity contribution in [2.45, 2.75) is 6.92 Å². The Morgan fingerprint density at radius 3 is 2.62 bits per heavy atom. The van der Waals surface area contributed by atoms with Crippen molar-refractivity contribution in [3.05, 3.63) is 75.9 Å². The molecule has 8 heteroatoms. The number of nitrogens with one attached hydrogen (secondary N) is 2. The van der Waals surface area contributed by atoms with E-state index < -0.39 is 5.91 Å². The van der Waals surface area contributed by atoms with E-state index >= 15 is 0 Å². The van der Waals surface area contributed by atoms with Gasteiger partial charge in [-0.1, -0.05) is 29.3 Å². The summed E-state index contributed by atoms with van der Waals surface area (Å²) in [7, 11) is 0. The van der Waals surface area contributed by atoms with Gasteiger partial charge in [-0.2, -0.15) is 0 Å². The summed E-state index contributed by atoms with van der Waals surface area (Å²) in [5.41, 5.74) is 1.06. The van der Waals surface area contributed by atoms with Crippen LogP contribution in [0.2, 0.25) is 10.0 Å². The maximum Gasteiger partial charge on any atom is 0.274 e. The van der Waals surface area contributed by atoms with Crippen LogP contribution in [-0.4, -0.2) is 15.9 Å². The van der Waals surface area contributed by atoms with E-state index in [9.17, 15) is 9.18 Å². The highest BCUT2D eigenvalue weighted by molar-refractivity contribution is 6.36. The van der Waals surface area contributed by atoms with E-state index in [-0.39, 0.29) is 11.5 Å². The summed E-state index contributed by atoms with van der Waals surface area (Å²) in [6.07, 6.45) is 0. The van der Waals surface area contributed by atoms with E-state index in [1.54, 1.807) is 31.2 Å². The van der Waals surface area contributed by atoms with Gasteiger partial charge in [-0.25, -0.2) is 14.4 Å². The molecule has 3 aromatic rings. The van der Waals surface area contributed by atoms with Crippen LogP contribution in [0.25, 0.3) is 0 Å². The molecule has 0 unspecified atom stereocenters. The minimum absolute atomic E-state index is 0.141. The Hall–Kier alpha value is -2.70. The van der Waals surface area contributed by atoms with Gasteiger partial charge in [0, 0.05) is 16.8 Å². The lowest BCUT2D eigenvalue weighted by Crippen LogP contribution is -2.15. The SMILES string of the molecule is Cc1nc(Nc2cccc(F)c2)cc(C(=O)Nc2ccc(Cl)cc2Cl)n1. The summed E-state index contributed by atoms with van der Waals surface area (Å²) in [6.45, 7) is 1.66. The first-order chi connectivity index (χ1) is 12.4. The standard InChI is InChI=1S/C18H13Cl2FN4O/c1-10-22-16(18(26)25-15-6-5-11(19)7-14(15)20)9-17(23-10)24-13-4-2-3-12(21)8-13/h2-9H,1H3,(H,25,26)(H,22,23,24). The number of benzene rings is 2. The molecule has 1 heterocycles. The number of rotatable bonds is 4. The summed E-state index contributed by atoms with van der Waals surface area (Å²) in [5.74, 6) is -0.0765. The predicted octanol–water partition coefficient (Wildman–Crippen LogP) is 5.23. The van der Waals surface area contributed by atoms with Crippen LogP contribution in [0.15, 0.2) is 48.5 Å². The molecular weight excluding hydrogens is 378 g/mol. The lowest BCUT2D eigenvalue weighted by atomic mass is 10.2. The number of carbonyl (C=O) groups excluding carboxylic acids is 1. The van der Waals surface area contributed by atoms with Crippen LogP contribution in [0.1, 0.15) is 16.3 Å². The molecule has 2 N–H and O–H groups in total. The van der Waals surface area contributed by atoms with Crippen molar-refractivity contribution in [2.24, 2.45) is 0 Å². The van der Waals surface area contributed by atoms with Gasteiger partial charge in [0.05, 0.1) is 10.7 Å². The van der Waals surface area contributed by atoms with Crippen molar-refractivity contribution in [3.8, 4) is 0 Å². The Morgan fingerprint density at radius 1 is 1.08 bits per heavy atom. The van der Waals surface area contributed by atoms with Gasteiger partial charge in [-0.3, -0.25) is 4.79 Å². The number of halogens is 3. The molecule has 26 heavy (non-hydrogen) atoms. The lowest BCUT2D eigenvalue weighted by molar-refractivity contribution is 0.102. The maximum absolute atomic E-state index is 13.3. The first-order valence-corrected chi connectivity index (χ1v) is 8.31. The van der Waals surface area contributed by atoms with Crippen LogP contribution in [-0.2, 0) is 0 Å². The fourth-order valence-electron chi connectivity index (χ4n) is 2.24. The largest absolute Gasteiger partial charge is 0.340 e. The smallest absolute Gasteiger partial charge is 0.274 e. The zero-order chi connectivity index (χ0) is 18.7. The van der Waals surface area contributed by atoms with Gasteiger partial charge in [0.25, 0.3) is 5.91 Å². The number of hydrogen-bond acceptors (Lipinski definition) is 4. The molecule has 1 aromatic heterocycles. The molecule has 0 aliphatic carbocycles. The van der Waals surface area contributed by atoms with Gasteiger partial charge in [-0.15, -0.1) is 0 Å². The minimum atomic E-state index is -0.456. The number of carbonyl (C=O) groups is 1. The average molecular weight is 391 g/mol. The molecule has 0 aliphatic rings. The van der Waals surface area contributed by atoms with Crippen molar-refractivity contribution in [2.75, 3.05) is 10.6 Å². The number of aryl methyl sites for hydroxylation is 1. The fourth-order valence-corrected chi connectivity index (χ4v) is 2.70. The number of nitrogens with zero attached hydrogens (tertiary/aromatic N) is 2. The average Bonchev–Trinajstić information content (AvgIpc) is 2.57. The van der Waals surface area contributed by atoms with Gasteiger partial charge in [-0.05, 0) is 43.3 Å². The highest BCUT2D eigenvalue weighted by Gasteiger charge is 2.13. The predicted molar refractivity (Wildman–Crippen MR) is 101 cm³/mol. The lowest BCUT2D eigenvalue weighted by Gasteiger charge is -2.10. The second-order valence-electron chi connectivity index (χ2n) is 5.40. The molecule has 0 saturated carbocycles. The topological polar surface area (TPSA) is 66.9 Å². The minimum Gasteiger partial charge on any atom is -0.340 e. The Labute approximate surface area is 159 Å². The monoisotopic (exact) mass is 390 g/mol. The van der Waals surface area contributed by atoms with Gasteiger partial charge >= 0.3 is 0 Å². The van der Waals surface area contributed by atoms with Gasteiger partial charge in [0.15, 0.2) is 0 Å². The summed E-state index contributed by atoms with van der Waals surface area (Å²) >= 11 is 11.9. The van der Waals surface area contributed by atoms with Crippen molar-refractivity contribution in [3.63, 3.8) is 0 Å². The van der Waals surface area contributed by atoms with Crippen LogP contribution in [0.4, 0.5) is 21.6 Å². The van der Waals surface area contributed by atoms with E-state index in [4.69, 9.17) is 23.2 Å². The molecule has 0 saturated heterocycles. The van der Waals surface area contributed by atoms with Crippen LogP contribution in [0.5, 0.6) is 0 Å². The molecule has 5 nitrogen and oxygen atoms in total. The molecule has 3 rings (SSSR count). The fraction of sp³-hybridized carbons (Fsp3) is 0.0556. The molecule has 0 spiro atoms. The Kier molecular flexibility index (Phi) is 5.35. The molecule has 0 bridgehead atoms. The summed E-state index contributed by atoms with van der Waals surface area (Å²) in [6, 6.07) is 12.1. The van der Waals surface area contributed by atoms with Crippen molar-refractivity contribution < 1.29 is 9.18 Å². The molecular formula is C18H13Cl2FN4O. The molecule has 0 fully saturated rings. The number of hydrogen-bond donors (Lipinski definition) is 2. The molecule has 0 aliphatic heterocycles. The Morgan fingerprint density at radius 2 is 1.88 bits per heavy atom. The Bertz CT molecular complexity index is 981. The van der Waals surface area contributed by atoms with Crippen molar-refractivity contribution in [1.82, 2.24) is 9.97 Å². The second kappa shape index (κ2) is 7.68. The van der Waals surface area contributed by atoms with Crippen molar-refractivity contribution in [1.29, 1.82) is 0 Å². The van der Waals surface area contributed by atoms with Crippen LogP contribution >= 0.6 is 23.2 Å². The van der Waals surface area contributed by atoms with Gasteiger partial charge in [0.1, 0.15) is 23.2 Å². The molecule has 132 valence electrons. The summed E-state index contributed by atoms with van der Waals surface area (Å²) < 4.78 is 13.3. The van der Waals surface area contributed by atoms with Gasteiger partial charge in [0.2, 0.25) is 0 Å². The molecule has 0 atom stereocenters. The van der Waals surface area contributed by atoms with Crippen LogP contribution < -0.4 is 10.6 Å². The van der Waals surface area contributed by atoms with E-state index in [1.165, 1.54) is 24.3 Å². The first kappa shape index (κ1) is 18.1. The highest BCUT2D eigenvalue weighted by Crippen LogP contribution is 2.26. The van der Waals surface area contributed by atoms with Crippen molar-refractivity contribution >= 4 is 46.3 Å². The van der Waals surface area contributed by atoms with E-state index in [1.807, 2.05) is 0 Å². The normalized spacial score (nSPS) is 10.5. The molecule has 2 aromatic carbocycles. The van der Waals surface area contributed by atoms with Gasteiger partial charge < -0.3 is 10.6 Å². The summed E-state index contributed by atoms with van der Waals surface area (Å²) in [5, 5.41) is 6.40. The third-order valence-electron chi connectivity index (χ3n) is 3.35. The van der Waals surface area contributed by atoms with E-state index in [2.05, 4.69) is 20.6 Å². The zero-order valence-corrected chi connectivity index (χ0v) is 15.1. The van der Waals surface area contributed by atoms with Crippen LogP contribution in [0.3, 0.4) is 0 Å². The summed E-state index contributed by atoms with van der Waals surface area (Å²) in [4.78, 5) is 20.8. The third-order valence-corrected chi connectivity index (χ3v) is 3.89. The number of amides is 1. The highest BCUT2D eigenvalue weighted by atomic mass is 35.5. The first-order valence-electron chi connectivity index (χ1n) is 7.55. The quantitative estimate of drug-likeness (QED) is 0.640. The molecule has 0 radical (unpaired) electrons. The zero-order valence-electron chi connectivity index (χ0n) is 13.6. The second-order valence-corrected chi connectivity index (χ2v) is 6.24. The third kappa shape index (κ3) is 4.47. The van der Waals surface area contributed by atoms with E-state index in [0.29, 0.717) is 33.1 Å². The molecule has 1 amide bonds. The number of aromatic nitrogens is 2.